The van der Waals surface area contributed by atoms with Crippen molar-refractivity contribution in [3.8, 4) is 5.75 Å². The van der Waals surface area contributed by atoms with E-state index in [1.54, 1.807) is 0 Å². The molecule has 0 aliphatic carbocycles. The van der Waals surface area contributed by atoms with Gasteiger partial charge in [-0.05, 0) is 24.1 Å². The quantitative estimate of drug-likeness (QED) is 0.581. The topological polar surface area (TPSA) is 127 Å². The number of amides is 2. The van der Waals surface area contributed by atoms with Crippen molar-refractivity contribution in [2.24, 2.45) is 0 Å². The molecule has 1 aliphatic heterocycles. The molecule has 0 saturated carbocycles. The first-order valence-electron chi connectivity index (χ1n) is 6.57. The van der Waals surface area contributed by atoms with Gasteiger partial charge in [-0.2, -0.15) is 8.42 Å². The van der Waals surface area contributed by atoms with Crippen LogP contribution in [0.3, 0.4) is 0 Å². The van der Waals surface area contributed by atoms with Gasteiger partial charge >= 0.3 is 16.4 Å². The summed E-state index contributed by atoms with van der Waals surface area (Å²) in [5.41, 5.74) is 0.670. The fourth-order valence-electron chi connectivity index (χ4n) is 1.88. The summed E-state index contributed by atoms with van der Waals surface area (Å²) in [6, 6.07) is 5.61. The van der Waals surface area contributed by atoms with Gasteiger partial charge in [-0.15, -0.1) is 5.06 Å². The molecule has 1 aromatic rings. The zero-order chi connectivity index (χ0) is 17.0. The first-order chi connectivity index (χ1) is 10.7. The van der Waals surface area contributed by atoms with E-state index in [0.717, 1.165) is 0 Å². The van der Waals surface area contributed by atoms with Crippen LogP contribution in [0.15, 0.2) is 24.3 Å². The zero-order valence-corrected chi connectivity index (χ0v) is 12.6. The van der Waals surface area contributed by atoms with Gasteiger partial charge in [0, 0.05) is 12.8 Å². The minimum absolute atomic E-state index is 0.0291. The van der Waals surface area contributed by atoms with Crippen molar-refractivity contribution < 1.29 is 36.4 Å². The highest BCUT2D eigenvalue weighted by Crippen LogP contribution is 2.16. The molecular formula is C13H13NO8S. The van der Waals surface area contributed by atoms with E-state index >= 15 is 0 Å². The van der Waals surface area contributed by atoms with Crippen LogP contribution in [-0.2, 0) is 36.0 Å². The Kier molecular flexibility index (Phi) is 4.96. The number of hydroxylamine groups is 2. The Morgan fingerprint density at radius 1 is 1.13 bits per heavy atom. The van der Waals surface area contributed by atoms with E-state index in [9.17, 15) is 22.8 Å². The number of carbonyl (C=O) groups is 3. The lowest BCUT2D eigenvalue weighted by Crippen LogP contribution is -2.32. The van der Waals surface area contributed by atoms with E-state index < -0.39 is 28.2 Å². The summed E-state index contributed by atoms with van der Waals surface area (Å²) in [6.07, 6.45) is 0.236. The molecule has 1 aliphatic rings. The fraction of sp³-hybridized carbons (Fsp3) is 0.308. The SMILES string of the molecule is O=C(CCc1ccc(OS(=O)(=O)O)cc1)ON1C(=O)CCC1=O. The normalized spacial score (nSPS) is 14.9. The lowest BCUT2D eigenvalue weighted by Gasteiger charge is -2.12. The lowest BCUT2D eigenvalue weighted by atomic mass is 10.1. The molecule has 0 bridgehead atoms. The van der Waals surface area contributed by atoms with Crippen LogP contribution < -0.4 is 4.18 Å². The van der Waals surface area contributed by atoms with Crippen LogP contribution in [0.4, 0.5) is 0 Å². The Hall–Kier alpha value is -2.46. The smallest absolute Gasteiger partial charge is 0.362 e. The van der Waals surface area contributed by atoms with Crippen LogP contribution in [0.1, 0.15) is 24.8 Å². The van der Waals surface area contributed by atoms with Gasteiger partial charge in [-0.1, -0.05) is 12.1 Å². The standard InChI is InChI=1S/C13H13NO8S/c15-11-6-7-12(16)14(11)21-13(17)8-3-9-1-4-10(5-2-9)22-23(18,19)20/h1-2,4-5H,3,6-8H2,(H,18,19,20). The van der Waals surface area contributed by atoms with Crippen molar-refractivity contribution in [1.29, 1.82) is 0 Å². The third kappa shape index (κ3) is 5.04. The number of benzene rings is 1. The number of hydrogen-bond acceptors (Lipinski definition) is 7. The summed E-state index contributed by atoms with van der Waals surface area (Å²) in [5.74, 6) is -1.90. The summed E-state index contributed by atoms with van der Waals surface area (Å²) in [4.78, 5) is 38.9. The van der Waals surface area contributed by atoms with Gasteiger partial charge in [-0.3, -0.25) is 14.1 Å². The van der Waals surface area contributed by atoms with Crippen LogP contribution in [0, 0.1) is 0 Å². The Balaban J connectivity index is 1.84. The zero-order valence-electron chi connectivity index (χ0n) is 11.8. The largest absolute Gasteiger partial charge is 0.446 e. The highest BCUT2D eigenvalue weighted by molar-refractivity contribution is 7.81. The fourth-order valence-corrected chi connectivity index (χ4v) is 2.24. The van der Waals surface area contributed by atoms with Gasteiger partial charge in [-0.25, -0.2) is 4.79 Å². The molecule has 2 amide bonds. The Labute approximate surface area is 131 Å². The molecule has 1 saturated heterocycles. The average Bonchev–Trinajstić information content (AvgIpc) is 2.77. The number of carbonyl (C=O) groups excluding carboxylic acids is 3. The number of imide groups is 1. The van der Waals surface area contributed by atoms with Gasteiger partial charge in [0.05, 0.1) is 6.42 Å². The van der Waals surface area contributed by atoms with Crippen molar-refractivity contribution >= 4 is 28.2 Å². The highest BCUT2D eigenvalue weighted by Gasteiger charge is 2.32. The van der Waals surface area contributed by atoms with E-state index in [-0.39, 0.29) is 31.4 Å². The van der Waals surface area contributed by atoms with E-state index in [1.807, 2.05) is 0 Å². The molecular weight excluding hydrogens is 330 g/mol. The maximum Gasteiger partial charge on any atom is 0.446 e. The highest BCUT2D eigenvalue weighted by atomic mass is 32.3. The van der Waals surface area contributed by atoms with Gasteiger partial charge in [0.25, 0.3) is 11.8 Å². The second kappa shape index (κ2) is 6.75. The van der Waals surface area contributed by atoms with Crippen LogP contribution in [-0.4, -0.2) is 35.8 Å². The molecule has 10 heteroatoms. The maximum absolute atomic E-state index is 11.6. The van der Waals surface area contributed by atoms with Crippen LogP contribution in [0.5, 0.6) is 5.75 Å². The van der Waals surface area contributed by atoms with Gasteiger partial charge in [0.1, 0.15) is 5.75 Å². The molecule has 0 aromatic heterocycles. The van der Waals surface area contributed by atoms with E-state index in [2.05, 4.69) is 4.18 Å². The van der Waals surface area contributed by atoms with Crippen molar-refractivity contribution in [2.75, 3.05) is 0 Å². The van der Waals surface area contributed by atoms with Crippen LogP contribution >= 0.6 is 0 Å². The van der Waals surface area contributed by atoms with Gasteiger partial charge in [0.15, 0.2) is 0 Å². The first-order valence-corrected chi connectivity index (χ1v) is 7.93. The Morgan fingerprint density at radius 3 is 2.22 bits per heavy atom. The molecule has 124 valence electrons. The predicted molar refractivity (Wildman–Crippen MR) is 74.1 cm³/mol. The first kappa shape index (κ1) is 16.9. The van der Waals surface area contributed by atoms with Crippen molar-refractivity contribution in [3.05, 3.63) is 29.8 Å². The van der Waals surface area contributed by atoms with Crippen LogP contribution in [0.25, 0.3) is 0 Å². The Bertz CT molecular complexity index is 709. The molecule has 1 N–H and O–H groups in total. The Morgan fingerprint density at radius 2 is 1.70 bits per heavy atom. The molecule has 1 aromatic carbocycles. The molecule has 23 heavy (non-hydrogen) atoms. The molecule has 9 nitrogen and oxygen atoms in total. The van der Waals surface area contributed by atoms with E-state index in [4.69, 9.17) is 9.39 Å². The number of nitrogens with zero attached hydrogens (tertiary/aromatic N) is 1. The molecule has 2 rings (SSSR count). The second-order valence-electron chi connectivity index (χ2n) is 4.70. The molecule has 0 radical (unpaired) electrons. The summed E-state index contributed by atoms with van der Waals surface area (Å²) < 4.78 is 33.8. The van der Waals surface area contributed by atoms with Gasteiger partial charge < -0.3 is 9.02 Å². The summed E-state index contributed by atoms with van der Waals surface area (Å²) in [5, 5.41) is 0.478. The minimum Gasteiger partial charge on any atom is -0.362 e. The van der Waals surface area contributed by atoms with Crippen molar-refractivity contribution in [1.82, 2.24) is 5.06 Å². The molecule has 0 spiro atoms. The minimum atomic E-state index is -4.58. The van der Waals surface area contributed by atoms with Gasteiger partial charge in [0.2, 0.25) is 0 Å². The third-order valence-electron chi connectivity index (χ3n) is 2.94. The molecule has 1 heterocycles. The van der Waals surface area contributed by atoms with E-state index in [1.165, 1.54) is 24.3 Å². The second-order valence-corrected chi connectivity index (χ2v) is 5.72. The summed E-state index contributed by atoms with van der Waals surface area (Å²) >= 11 is 0. The summed E-state index contributed by atoms with van der Waals surface area (Å²) in [7, 11) is -4.58. The van der Waals surface area contributed by atoms with E-state index in [0.29, 0.717) is 10.6 Å². The maximum atomic E-state index is 11.6. The molecule has 1 fully saturated rings. The number of rotatable bonds is 6. The lowest BCUT2D eigenvalue weighted by molar-refractivity contribution is -0.197. The third-order valence-corrected chi connectivity index (χ3v) is 3.34. The number of hydrogen-bond donors (Lipinski definition) is 1. The average molecular weight is 343 g/mol. The number of aryl methyl sites for hydroxylation is 1. The predicted octanol–water partition coefficient (Wildman–Crippen LogP) is 0.408. The summed E-state index contributed by atoms with van der Waals surface area (Å²) in [6.45, 7) is 0. The molecule has 0 unspecified atom stereocenters. The van der Waals surface area contributed by atoms with Crippen molar-refractivity contribution in [3.63, 3.8) is 0 Å². The van der Waals surface area contributed by atoms with Crippen LogP contribution in [0.2, 0.25) is 0 Å². The van der Waals surface area contributed by atoms with Crippen molar-refractivity contribution in [2.45, 2.75) is 25.7 Å². The molecule has 0 atom stereocenters. The monoisotopic (exact) mass is 343 g/mol.